The molecule has 1 aliphatic carbocycles. The normalized spacial score (nSPS) is 18.8. The Bertz CT molecular complexity index is 1230. The lowest BCUT2D eigenvalue weighted by Gasteiger charge is -2.39. The van der Waals surface area contributed by atoms with Gasteiger partial charge in [0.1, 0.15) is 23.2 Å². The van der Waals surface area contributed by atoms with Crippen LogP contribution in [0.4, 0.5) is 0 Å². The SMILES string of the molecule is CC(C)(C)C1CC(/C=C(/C#N)C(=O)O)=C2OC(c3ccccc3)=CC(c3ccccc3)=C2C1. The minimum absolute atomic E-state index is 0.00112. The summed E-state index contributed by atoms with van der Waals surface area (Å²) in [4.78, 5) is 11.6. The van der Waals surface area contributed by atoms with Crippen molar-refractivity contribution in [1.82, 2.24) is 0 Å². The molecule has 0 saturated carbocycles. The number of nitrogens with zero attached hydrogens (tertiary/aromatic N) is 1. The molecule has 4 nitrogen and oxygen atoms in total. The van der Waals surface area contributed by atoms with Gasteiger partial charge in [0.15, 0.2) is 0 Å². The number of aliphatic carboxylic acids is 1. The third-order valence-corrected chi connectivity index (χ3v) is 6.33. The van der Waals surface area contributed by atoms with Gasteiger partial charge in [-0.3, -0.25) is 0 Å². The van der Waals surface area contributed by atoms with E-state index >= 15 is 0 Å². The summed E-state index contributed by atoms with van der Waals surface area (Å²) in [5, 5.41) is 18.9. The monoisotopic (exact) mass is 437 g/mol. The molecule has 2 aliphatic rings. The first-order chi connectivity index (χ1) is 15.8. The fourth-order valence-electron chi connectivity index (χ4n) is 4.35. The average Bonchev–Trinajstić information content (AvgIpc) is 2.82. The third-order valence-electron chi connectivity index (χ3n) is 6.33. The van der Waals surface area contributed by atoms with Crippen LogP contribution in [-0.4, -0.2) is 11.1 Å². The van der Waals surface area contributed by atoms with Crippen LogP contribution in [0.2, 0.25) is 0 Å². The Kier molecular flexibility index (Phi) is 6.07. The maximum Gasteiger partial charge on any atom is 0.346 e. The number of allylic oxidation sites excluding steroid dienone is 5. The minimum Gasteiger partial charge on any atom is -0.477 e. The summed E-state index contributed by atoms with van der Waals surface area (Å²) in [5.74, 6) is 0.420. The molecule has 4 rings (SSSR count). The lowest BCUT2D eigenvalue weighted by Crippen LogP contribution is -2.27. The number of carbonyl (C=O) groups is 1. The van der Waals surface area contributed by atoms with Crippen LogP contribution >= 0.6 is 0 Å². The van der Waals surface area contributed by atoms with E-state index in [1.54, 1.807) is 0 Å². The van der Waals surface area contributed by atoms with Gasteiger partial charge in [0.2, 0.25) is 0 Å². The van der Waals surface area contributed by atoms with Crippen molar-refractivity contribution in [2.24, 2.45) is 11.3 Å². The molecular formula is C29H27NO3. The van der Waals surface area contributed by atoms with E-state index in [2.05, 4.69) is 39.0 Å². The van der Waals surface area contributed by atoms with E-state index in [-0.39, 0.29) is 16.9 Å². The largest absolute Gasteiger partial charge is 0.477 e. The highest BCUT2D eigenvalue weighted by atomic mass is 16.5. The molecule has 4 heteroatoms. The van der Waals surface area contributed by atoms with Crippen molar-refractivity contribution in [2.75, 3.05) is 0 Å². The zero-order valence-electron chi connectivity index (χ0n) is 19.1. The van der Waals surface area contributed by atoms with Crippen molar-refractivity contribution in [3.8, 4) is 6.07 Å². The van der Waals surface area contributed by atoms with Crippen LogP contribution in [0.1, 0.15) is 44.7 Å². The number of fused-ring (bicyclic) bond motifs is 1. The Balaban J connectivity index is 1.99. The zero-order valence-corrected chi connectivity index (χ0v) is 19.1. The van der Waals surface area contributed by atoms with Gasteiger partial charge >= 0.3 is 5.97 Å². The molecule has 1 N–H and O–H groups in total. The Morgan fingerprint density at radius 2 is 1.64 bits per heavy atom. The van der Waals surface area contributed by atoms with Crippen LogP contribution < -0.4 is 0 Å². The van der Waals surface area contributed by atoms with E-state index in [1.807, 2.05) is 54.6 Å². The Morgan fingerprint density at radius 1 is 1.03 bits per heavy atom. The Labute approximate surface area is 194 Å². The van der Waals surface area contributed by atoms with Crippen molar-refractivity contribution >= 4 is 17.3 Å². The van der Waals surface area contributed by atoms with E-state index in [4.69, 9.17) is 4.74 Å². The highest BCUT2D eigenvalue weighted by Crippen LogP contribution is 2.49. The number of carboxylic acid groups (broad SMARTS) is 1. The molecule has 0 bridgehead atoms. The molecule has 33 heavy (non-hydrogen) atoms. The molecule has 0 radical (unpaired) electrons. The van der Waals surface area contributed by atoms with Crippen molar-refractivity contribution < 1.29 is 14.6 Å². The number of hydrogen-bond donors (Lipinski definition) is 1. The van der Waals surface area contributed by atoms with Crippen LogP contribution in [0.3, 0.4) is 0 Å². The maximum atomic E-state index is 11.6. The predicted octanol–water partition coefficient (Wildman–Crippen LogP) is 6.76. The summed E-state index contributed by atoms with van der Waals surface area (Å²) in [6.07, 6.45) is 5.03. The van der Waals surface area contributed by atoms with Crippen LogP contribution in [0.25, 0.3) is 11.3 Å². The van der Waals surface area contributed by atoms with Crippen LogP contribution in [-0.2, 0) is 9.53 Å². The molecule has 1 heterocycles. The molecule has 0 aromatic heterocycles. The van der Waals surface area contributed by atoms with Gasteiger partial charge in [-0.2, -0.15) is 5.26 Å². The van der Waals surface area contributed by atoms with E-state index in [0.29, 0.717) is 17.9 Å². The van der Waals surface area contributed by atoms with Crippen molar-refractivity contribution in [1.29, 1.82) is 5.26 Å². The lowest BCUT2D eigenvalue weighted by atomic mass is 9.69. The van der Waals surface area contributed by atoms with Gasteiger partial charge in [0, 0.05) is 11.1 Å². The quantitative estimate of drug-likeness (QED) is 0.424. The third kappa shape index (κ3) is 4.68. The fourth-order valence-corrected chi connectivity index (χ4v) is 4.35. The van der Waals surface area contributed by atoms with Gasteiger partial charge in [0.05, 0.1) is 0 Å². The number of nitriles is 1. The van der Waals surface area contributed by atoms with E-state index in [9.17, 15) is 15.2 Å². The molecule has 2 aromatic rings. The summed E-state index contributed by atoms with van der Waals surface area (Å²) in [6.45, 7) is 6.60. The summed E-state index contributed by atoms with van der Waals surface area (Å²) < 4.78 is 6.46. The van der Waals surface area contributed by atoms with E-state index in [1.165, 1.54) is 6.08 Å². The van der Waals surface area contributed by atoms with Crippen LogP contribution in [0.5, 0.6) is 0 Å². The number of hydrogen-bond acceptors (Lipinski definition) is 3. The van der Waals surface area contributed by atoms with E-state index in [0.717, 1.165) is 34.3 Å². The molecule has 1 aliphatic heterocycles. The van der Waals surface area contributed by atoms with Gasteiger partial charge in [-0.1, -0.05) is 81.4 Å². The Morgan fingerprint density at radius 3 is 2.18 bits per heavy atom. The number of benzene rings is 2. The highest BCUT2D eigenvalue weighted by Gasteiger charge is 2.36. The average molecular weight is 438 g/mol. The number of rotatable bonds is 4. The molecule has 2 aromatic carbocycles. The fraction of sp³-hybridized carbons (Fsp3) is 0.241. The first-order valence-corrected chi connectivity index (χ1v) is 11.1. The molecule has 1 unspecified atom stereocenters. The summed E-state index contributed by atoms with van der Waals surface area (Å²) in [6, 6.07) is 21.9. The van der Waals surface area contributed by atoms with Gasteiger partial charge in [-0.25, -0.2) is 4.79 Å². The van der Waals surface area contributed by atoms with Crippen LogP contribution in [0, 0.1) is 22.7 Å². The first kappa shape index (κ1) is 22.4. The lowest BCUT2D eigenvalue weighted by molar-refractivity contribution is -0.132. The first-order valence-electron chi connectivity index (χ1n) is 11.1. The standard InChI is InChI=1S/C29H27NO3/c1-29(2,3)23-15-21(14-22(18-30)28(31)32)27-25(16-23)24(19-10-6-4-7-11-19)17-26(33-27)20-12-8-5-9-13-20/h4-14,17,23H,15-16H2,1-3H3,(H,31,32)/b22-14-. The van der Waals surface area contributed by atoms with Crippen LogP contribution in [0.15, 0.2) is 95.3 Å². The molecule has 0 amide bonds. The zero-order chi connectivity index (χ0) is 23.6. The van der Waals surface area contributed by atoms with Crippen molar-refractivity contribution in [3.05, 3.63) is 106 Å². The molecule has 1 atom stereocenters. The summed E-state index contributed by atoms with van der Waals surface area (Å²) >= 11 is 0. The second-order valence-corrected chi connectivity index (χ2v) is 9.54. The van der Waals surface area contributed by atoms with Crippen molar-refractivity contribution in [2.45, 2.75) is 33.6 Å². The molecular weight excluding hydrogens is 410 g/mol. The second-order valence-electron chi connectivity index (χ2n) is 9.54. The van der Waals surface area contributed by atoms with Gasteiger partial charge in [-0.15, -0.1) is 0 Å². The molecule has 0 fully saturated rings. The second kappa shape index (κ2) is 8.96. The molecule has 0 saturated heterocycles. The topological polar surface area (TPSA) is 70.3 Å². The maximum absolute atomic E-state index is 11.6. The van der Waals surface area contributed by atoms with Gasteiger partial charge in [0.25, 0.3) is 0 Å². The van der Waals surface area contributed by atoms with Crippen molar-refractivity contribution in [3.63, 3.8) is 0 Å². The Hall–Kier alpha value is -3.84. The summed E-state index contributed by atoms with van der Waals surface area (Å²) in [7, 11) is 0. The highest BCUT2D eigenvalue weighted by molar-refractivity contribution is 5.92. The number of carboxylic acids is 1. The predicted molar refractivity (Wildman–Crippen MR) is 129 cm³/mol. The van der Waals surface area contributed by atoms with E-state index < -0.39 is 5.97 Å². The summed E-state index contributed by atoms with van der Waals surface area (Å²) in [5.41, 5.74) is 4.62. The van der Waals surface area contributed by atoms with Gasteiger partial charge in [-0.05, 0) is 53.0 Å². The smallest absolute Gasteiger partial charge is 0.346 e. The molecule has 166 valence electrons. The minimum atomic E-state index is -1.23. The number of ether oxygens (including phenoxy) is 1. The van der Waals surface area contributed by atoms with Gasteiger partial charge < -0.3 is 9.84 Å². The molecule has 0 spiro atoms.